The van der Waals surface area contributed by atoms with Crippen molar-refractivity contribution in [2.75, 3.05) is 13.2 Å². The molecule has 29 heavy (non-hydrogen) atoms. The topological polar surface area (TPSA) is 89.9 Å². The third-order valence-electron chi connectivity index (χ3n) is 5.51. The third kappa shape index (κ3) is 4.86. The summed E-state index contributed by atoms with van der Waals surface area (Å²) in [4.78, 5) is 38.3. The van der Waals surface area contributed by atoms with Gasteiger partial charge in [-0.15, -0.1) is 0 Å². The monoisotopic (exact) mass is 404 g/mol. The molecule has 0 spiro atoms. The molecule has 1 aliphatic rings. The van der Waals surface area contributed by atoms with Crippen molar-refractivity contribution >= 4 is 17.7 Å². The van der Waals surface area contributed by atoms with Gasteiger partial charge in [-0.25, -0.2) is 0 Å². The van der Waals surface area contributed by atoms with Crippen LogP contribution in [0.5, 0.6) is 0 Å². The molecule has 0 saturated heterocycles. The molecule has 0 heterocycles. The predicted octanol–water partition coefficient (Wildman–Crippen LogP) is 3.15. The van der Waals surface area contributed by atoms with E-state index in [2.05, 4.69) is 20.8 Å². The van der Waals surface area contributed by atoms with Crippen LogP contribution in [0.25, 0.3) is 0 Å². The molecule has 1 aromatic carbocycles. The number of hydrogen-bond acceptors (Lipinski definition) is 6. The van der Waals surface area contributed by atoms with E-state index in [4.69, 9.17) is 9.47 Å². The molecule has 1 aromatic rings. The van der Waals surface area contributed by atoms with Crippen molar-refractivity contribution in [3.63, 3.8) is 0 Å². The molecule has 0 aromatic heterocycles. The van der Waals surface area contributed by atoms with Gasteiger partial charge in [-0.3, -0.25) is 14.4 Å². The van der Waals surface area contributed by atoms with Crippen LogP contribution in [0, 0.1) is 11.8 Å². The van der Waals surface area contributed by atoms with Crippen molar-refractivity contribution in [1.82, 2.24) is 0 Å². The van der Waals surface area contributed by atoms with E-state index in [1.165, 1.54) is 6.92 Å². The van der Waals surface area contributed by atoms with Gasteiger partial charge in [-0.2, -0.15) is 0 Å². The second kappa shape index (κ2) is 8.66. The van der Waals surface area contributed by atoms with Gasteiger partial charge in [0, 0.05) is 12.3 Å². The highest BCUT2D eigenvalue weighted by atomic mass is 16.5. The predicted molar refractivity (Wildman–Crippen MR) is 108 cm³/mol. The number of benzene rings is 1. The van der Waals surface area contributed by atoms with Crippen molar-refractivity contribution in [3.8, 4) is 0 Å². The number of ketones is 1. The Balaban J connectivity index is 2.61. The van der Waals surface area contributed by atoms with Crippen molar-refractivity contribution in [2.24, 2.45) is 11.8 Å². The summed E-state index contributed by atoms with van der Waals surface area (Å²) in [6.07, 6.45) is -0.309. The molecule has 2 rings (SSSR count). The summed E-state index contributed by atoms with van der Waals surface area (Å²) in [7, 11) is 0. The maximum Gasteiger partial charge on any atom is 0.317 e. The average Bonchev–Trinajstić information content (AvgIpc) is 2.59. The van der Waals surface area contributed by atoms with Crippen LogP contribution in [0.3, 0.4) is 0 Å². The lowest BCUT2D eigenvalue weighted by Gasteiger charge is -2.43. The minimum absolute atomic E-state index is 0.0759. The molecule has 0 aliphatic heterocycles. The number of carbonyl (C=O) groups excluding carboxylic acids is 3. The van der Waals surface area contributed by atoms with Crippen LogP contribution in [0.2, 0.25) is 0 Å². The third-order valence-corrected chi connectivity index (χ3v) is 5.51. The maximum atomic E-state index is 12.8. The van der Waals surface area contributed by atoms with Crippen LogP contribution < -0.4 is 0 Å². The number of aliphatic hydroxyl groups is 1. The van der Waals surface area contributed by atoms with E-state index in [1.807, 2.05) is 24.3 Å². The van der Waals surface area contributed by atoms with Gasteiger partial charge in [-0.1, -0.05) is 45.0 Å². The first-order chi connectivity index (χ1) is 13.4. The summed E-state index contributed by atoms with van der Waals surface area (Å²) in [5.41, 5.74) is 0.00523. The van der Waals surface area contributed by atoms with Crippen LogP contribution >= 0.6 is 0 Å². The maximum absolute atomic E-state index is 12.8. The minimum atomic E-state index is -1.63. The van der Waals surface area contributed by atoms with E-state index in [0.29, 0.717) is 5.56 Å². The van der Waals surface area contributed by atoms with Crippen LogP contribution in [0.4, 0.5) is 0 Å². The summed E-state index contributed by atoms with van der Waals surface area (Å²) >= 11 is 0. The zero-order valence-corrected chi connectivity index (χ0v) is 18.2. The SMILES string of the molecule is CCOC(=O)[C@H]1C(=O)C[C@](C)(O)[C@@H](C(=O)OCC)[C@@H]1c1ccc(C(C)(C)C)cc1. The quantitative estimate of drug-likeness (QED) is 0.599. The zero-order valence-electron chi connectivity index (χ0n) is 18.2. The van der Waals surface area contributed by atoms with Gasteiger partial charge in [0.15, 0.2) is 5.78 Å². The highest BCUT2D eigenvalue weighted by Crippen LogP contribution is 2.47. The Morgan fingerprint density at radius 2 is 1.59 bits per heavy atom. The molecule has 0 amide bonds. The Morgan fingerprint density at radius 1 is 1.07 bits per heavy atom. The molecular formula is C23H32O6. The van der Waals surface area contributed by atoms with Gasteiger partial charge < -0.3 is 14.6 Å². The Labute approximate surface area is 172 Å². The first-order valence-corrected chi connectivity index (χ1v) is 10.1. The van der Waals surface area contributed by atoms with Crippen molar-refractivity contribution < 1.29 is 29.0 Å². The number of rotatable bonds is 5. The van der Waals surface area contributed by atoms with Crippen molar-refractivity contribution in [1.29, 1.82) is 0 Å². The van der Waals surface area contributed by atoms with E-state index >= 15 is 0 Å². The molecule has 4 atom stereocenters. The fraction of sp³-hybridized carbons (Fsp3) is 0.609. The summed E-state index contributed by atoms with van der Waals surface area (Å²) in [5.74, 6) is -4.81. The fourth-order valence-electron chi connectivity index (χ4n) is 4.09. The summed E-state index contributed by atoms with van der Waals surface area (Å²) in [6.45, 7) is 11.3. The molecule has 0 bridgehead atoms. The molecule has 1 fully saturated rings. The highest BCUT2D eigenvalue weighted by Gasteiger charge is 2.57. The lowest BCUT2D eigenvalue weighted by Crippen LogP contribution is -2.55. The Kier molecular flexibility index (Phi) is 6.89. The molecule has 0 radical (unpaired) electrons. The normalized spacial score (nSPS) is 27.4. The molecular weight excluding hydrogens is 372 g/mol. The van der Waals surface area contributed by atoms with E-state index in [9.17, 15) is 19.5 Å². The summed E-state index contributed by atoms with van der Waals surface area (Å²) in [6, 6.07) is 7.48. The smallest absolute Gasteiger partial charge is 0.317 e. The van der Waals surface area contributed by atoms with Crippen LogP contribution in [-0.2, 0) is 29.3 Å². The van der Waals surface area contributed by atoms with E-state index in [-0.39, 0.29) is 25.0 Å². The van der Waals surface area contributed by atoms with Gasteiger partial charge in [0.05, 0.1) is 24.7 Å². The lowest BCUT2D eigenvalue weighted by molar-refractivity contribution is -0.172. The molecule has 1 N–H and O–H groups in total. The van der Waals surface area contributed by atoms with Crippen molar-refractivity contribution in [2.45, 2.75) is 64.9 Å². The number of esters is 2. The van der Waals surface area contributed by atoms with E-state index < -0.39 is 41.1 Å². The number of Topliss-reactive ketones (excluding diaryl/α,β-unsaturated/α-hetero) is 1. The van der Waals surface area contributed by atoms with Gasteiger partial charge in [0.25, 0.3) is 0 Å². The van der Waals surface area contributed by atoms with Crippen LogP contribution in [0.1, 0.15) is 65.0 Å². The Bertz CT molecular complexity index is 757. The molecule has 6 heteroatoms. The van der Waals surface area contributed by atoms with Crippen LogP contribution in [-0.4, -0.2) is 41.6 Å². The highest BCUT2D eigenvalue weighted by molar-refractivity contribution is 6.02. The van der Waals surface area contributed by atoms with Gasteiger partial charge in [0.2, 0.25) is 0 Å². The number of hydrogen-bond donors (Lipinski definition) is 1. The number of carbonyl (C=O) groups is 3. The van der Waals surface area contributed by atoms with Crippen molar-refractivity contribution in [3.05, 3.63) is 35.4 Å². The molecule has 6 nitrogen and oxygen atoms in total. The standard InChI is InChI=1S/C23H32O6/c1-7-28-20(25)18-16(24)13-23(6,27)19(21(26)29-8-2)17(18)14-9-11-15(12-10-14)22(3,4)5/h9-12,17-19,27H,7-8,13H2,1-6H3/t17-,18+,19-,23+/m1/s1. The Morgan fingerprint density at radius 3 is 2.07 bits per heavy atom. The second-order valence-electron chi connectivity index (χ2n) is 8.86. The van der Waals surface area contributed by atoms with E-state index in [1.54, 1.807) is 13.8 Å². The van der Waals surface area contributed by atoms with Gasteiger partial charge in [-0.05, 0) is 37.3 Å². The molecule has 0 unspecified atom stereocenters. The van der Waals surface area contributed by atoms with Gasteiger partial charge in [0.1, 0.15) is 5.92 Å². The lowest BCUT2D eigenvalue weighted by atomic mass is 9.61. The summed E-state index contributed by atoms with van der Waals surface area (Å²) in [5, 5.41) is 11.0. The average molecular weight is 405 g/mol. The zero-order chi connectivity index (χ0) is 22.0. The first kappa shape index (κ1) is 23.1. The molecule has 1 aliphatic carbocycles. The fourth-order valence-corrected chi connectivity index (χ4v) is 4.09. The van der Waals surface area contributed by atoms with Crippen LogP contribution in [0.15, 0.2) is 24.3 Å². The Hall–Kier alpha value is -2.21. The number of ether oxygens (including phenoxy) is 2. The second-order valence-corrected chi connectivity index (χ2v) is 8.86. The van der Waals surface area contributed by atoms with Gasteiger partial charge >= 0.3 is 11.9 Å². The molecule has 160 valence electrons. The molecule has 1 saturated carbocycles. The minimum Gasteiger partial charge on any atom is -0.466 e. The first-order valence-electron chi connectivity index (χ1n) is 10.1. The largest absolute Gasteiger partial charge is 0.466 e. The van der Waals surface area contributed by atoms with E-state index in [0.717, 1.165) is 5.56 Å². The summed E-state index contributed by atoms with van der Waals surface area (Å²) < 4.78 is 10.4.